The molecule has 0 aliphatic carbocycles. The van der Waals surface area contributed by atoms with Gasteiger partial charge in [0.05, 0.1) is 0 Å². The molecule has 1 unspecified atom stereocenters. The van der Waals surface area contributed by atoms with Gasteiger partial charge in [-0.3, -0.25) is 0 Å². The Kier molecular flexibility index (Phi) is 5.61. The minimum atomic E-state index is 0.206. The van der Waals surface area contributed by atoms with Crippen LogP contribution >= 0.6 is 27.5 Å². The van der Waals surface area contributed by atoms with Crippen molar-refractivity contribution in [2.45, 2.75) is 19.4 Å². The standard InChI is InChI=1S/C11H15BrClNO/c1-8(14-5-2-6-15)10-4-3-9(12)7-11(10)13/h3-4,7-8,14-15H,2,5-6H2,1H3. The Morgan fingerprint density at radius 2 is 2.27 bits per heavy atom. The van der Waals surface area contributed by atoms with Crippen LogP contribution in [0.2, 0.25) is 5.02 Å². The molecule has 1 rings (SSSR count). The molecule has 0 aromatic heterocycles. The molecule has 1 aromatic carbocycles. The van der Waals surface area contributed by atoms with Crippen LogP contribution < -0.4 is 5.32 Å². The maximum Gasteiger partial charge on any atom is 0.0464 e. The van der Waals surface area contributed by atoms with Crippen molar-refractivity contribution in [1.82, 2.24) is 5.32 Å². The molecule has 0 spiro atoms. The largest absolute Gasteiger partial charge is 0.396 e. The van der Waals surface area contributed by atoms with Crippen molar-refractivity contribution < 1.29 is 5.11 Å². The van der Waals surface area contributed by atoms with Gasteiger partial charge in [0.1, 0.15) is 0 Å². The van der Waals surface area contributed by atoms with Crippen LogP contribution in [0.1, 0.15) is 24.9 Å². The average Bonchev–Trinajstić information content (AvgIpc) is 2.17. The van der Waals surface area contributed by atoms with Gasteiger partial charge in [0.25, 0.3) is 0 Å². The molecule has 0 saturated heterocycles. The highest BCUT2D eigenvalue weighted by Crippen LogP contribution is 2.26. The zero-order valence-corrected chi connectivity index (χ0v) is 11.0. The molecule has 0 radical (unpaired) electrons. The normalized spacial score (nSPS) is 12.8. The fraction of sp³-hybridized carbons (Fsp3) is 0.455. The number of benzene rings is 1. The fourth-order valence-electron chi connectivity index (χ4n) is 1.36. The number of aliphatic hydroxyl groups excluding tert-OH is 1. The molecule has 0 fully saturated rings. The molecule has 0 saturated carbocycles. The van der Waals surface area contributed by atoms with Gasteiger partial charge in [0.2, 0.25) is 0 Å². The lowest BCUT2D eigenvalue weighted by atomic mass is 10.1. The quantitative estimate of drug-likeness (QED) is 0.817. The van der Waals surface area contributed by atoms with Crippen molar-refractivity contribution in [2.75, 3.05) is 13.2 Å². The van der Waals surface area contributed by atoms with Gasteiger partial charge in [-0.05, 0) is 37.6 Å². The zero-order chi connectivity index (χ0) is 11.3. The highest BCUT2D eigenvalue weighted by Gasteiger charge is 2.08. The number of halogens is 2. The number of rotatable bonds is 5. The molecule has 0 amide bonds. The first-order chi connectivity index (χ1) is 7.15. The van der Waals surface area contributed by atoms with Crippen LogP contribution in [0, 0.1) is 0 Å². The first-order valence-electron chi connectivity index (χ1n) is 4.94. The van der Waals surface area contributed by atoms with Crippen LogP contribution in [-0.2, 0) is 0 Å². The Hall–Kier alpha value is -0.0900. The predicted octanol–water partition coefficient (Wildman–Crippen LogP) is 3.14. The van der Waals surface area contributed by atoms with Gasteiger partial charge in [-0.1, -0.05) is 33.6 Å². The van der Waals surface area contributed by atoms with E-state index in [1.807, 2.05) is 18.2 Å². The molecule has 2 N–H and O–H groups in total. The van der Waals surface area contributed by atoms with E-state index in [0.717, 1.165) is 28.0 Å². The molecule has 0 bridgehead atoms. The molecule has 0 aliphatic rings. The van der Waals surface area contributed by atoms with Gasteiger partial charge < -0.3 is 10.4 Å². The Balaban J connectivity index is 2.61. The van der Waals surface area contributed by atoms with Crippen LogP contribution in [0.15, 0.2) is 22.7 Å². The average molecular weight is 293 g/mol. The first-order valence-corrected chi connectivity index (χ1v) is 6.11. The Bertz CT molecular complexity index is 319. The third kappa shape index (κ3) is 4.11. The van der Waals surface area contributed by atoms with Crippen molar-refractivity contribution in [3.8, 4) is 0 Å². The summed E-state index contributed by atoms with van der Waals surface area (Å²) in [5.41, 5.74) is 1.08. The summed E-state index contributed by atoms with van der Waals surface area (Å²) in [6.07, 6.45) is 0.762. The first kappa shape index (κ1) is 13.0. The summed E-state index contributed by atoms with van der Waals surface area (Å²) in [4.78, 5) is 0. The topological polar surface area (TPSA) is 32.3 Å². The maximum absolute atomic E-state index is 8.67. The summed E-state index contributed by atoms with van der Waals surface area (Å²) in [5.74, 6) is 0. The van der Waals surface area contributed by atoms with E-state index in [1.165, 1.54) is 0 Å². The summed E-state index contributed by atoms with van der Waals surface area (Å²) in [7, 11) is 0. The van der Waals surface area contributed by atoms with E-state index >= 15 is 0 Å². The second kappa shape index (κ2) is 6.48. The monoisotopic (exact) mass is 291 g/mol. The number of hydrogen-bond acceptors (Lipinski definition) is 2. The Morgan fingerprint density at radius 1 is 1.53 bits per heavy atom. The second-order valence-corrected chi connectivity index (χ2v) is 4.74. The molecule has 0 aliphatic heterocycles. The molecule has 1 aromatic rings. The van der Waals surface area contributed by atoms with Gasteiger partial charge in [-0.25, -0.2) is 0 Å². The van der Waals surface area contributed by atoms with Crippen molar-refractivity contribution >= 4 is 27.5 Å². The van der Waals surface area contributed by atoms with E-state index in [2.05, 4.69) is 28.2 Å². The lowest BCUT2D eigenvalue weighted by Gasteiger charge is -2.15. The van der Waals surface area contributed by atoms with Crippen molar-refractivity contribution in [3.05, 3.63) is 33.3 Å². The van der Waals surface area contributed by atoms with E-state index < -0.39 is 0 Å². The Morgan fingerprint density at radius 3 is 2.87 bits per heavy atom. The molecule has 84 valence electrons. The lowest BCUT2D eigenvalue weighted by molar-refractivity contribution is 0.284. The zero-order valence-electron chi connectivity index (χ0n) is 8.63. The van der Waals surface area contributed by atoms with Crippen LogP contribution in [0.3, 0.4) is 0 Å². The van der Waals surface area contributed by atoms with Crippen molar-refractivity contribution in [3.63, 3.8) is 0 Å². The third-order valence-electron chi connectivity index (χ3n) is 2.21. The molecular weight excluding hydrogens is 277 g/mol. The summed E-state index contributed by atoms with van der Waals surface area (Å²) >= 11 is 9.49. The summed E-state index contributed by atoms with van der Waals surface area (Å²) in [6.45, 7) is 3.07. The van der Waals surface area contributed by atoms with Crippen LogP contribution in [-0.4, -0.2) is 18.3 Å². The minimum Gasteiger partial charge on any atom is -0.396 e. The van der Waals surface area contributed by atoms with Gasteiger partial charge in [-0.15, -0.1) is 0 Å². The minimum absolute atomic E-state index is 0.206. The molecule has 0 heterocycles. The van der Waals surface area contributed by atoms with E-state index in [4.69, 9.17) is 16.7 Å². The third-order valence-corrected chi connectivity index (χ3v) is 3.03. The SMILES string of the molecule is CC(NCCCO)c1ccc(Br)cc1Cl. The lowest BCUT2D eigenvalue weighted by Crippen LogP contribution is -2.20. The maximum atomic E-state index is 8.67. The number of nitrogens with one attached hydrogen (secondary N) is 1. The van der Waals surface area contributed by atoms with Gasteiger partial charge in [-0.2, -0.15) is 0 Å². The number of aliphatic hydroxyl groups is 1. The van der Waals surface area contributed by atoms with E-state index in [0.29, 0.717) is 0 Å². The Labute approximate surface area is 104 Å². The predicted molar refractivity (Wildman–Crippen MR) is 67.3 cm³/mol. The highest BCUT2D eigenvalue weighted by atomic mass is 79.9. The fourth-order valence-corrected chi connectivity index (χ4v) is 2.20. The summed E-state index contributed by atoms with van der Waals surface area (Å²) in [6, 6.07) is 6.08. The molecule has 4 heteroatoms. The highest BCUT2D eigenvalue weighted by molar-refractivity contribution is 9.10. The van der Waals surface area contributed by atoms with E-state index in [-0.39, 0.29) is 12.6 Å². The van der Waals surface area contributed by atoms with Crippen molar-refractivity contribution in [2.24, 2.45) is 0 Å². The number of hydrogen-bond donors (Lipinski definition) is 2. The summed E-state index contributed by atoms with van der Waals surface area (Å²) in [5, 5.41) is 12.7. The van der Waals surface area contributed by atoms with Gasteiger partial charge >= 0.3 is 0 Å². The molecule has 2 nitrogen and oxygen atoms in total. The molecular formula is C11H15BrClNO. The van der Waals surface area contributed by atoms with Gasteiger partial charge in [0, 0.05) is 22.1 Å². The molecule has 15 heavy (non-hydrogen) atoms. The van der Waals surface area contributed by atoms with Crippen LogP contribution in [0.4, 0.5) is 0 Å². The van der Waals surface area contributed by atoms with Gasteiger partial charge in [0.15, 0.2) is 0 Å². The second-order valence-electron chi connectivity index (χ2n) is 3.42. The molecule has 1 atom stereocenters. The van der Waals surface area contributed by atoms with Crippen LogP contribution in [0.5, 0.6) is 0 Å². The van der Waals surface area contributed by atoms with E-state index in [1.54, 1.807) is 0 Å². The van der Waals surface area contributed by atoms with Crippen molar-refractivity contribution in [1.29, 1.82) is 0 Å². The van der Waals surface area contributed by atoms with Crippen LogP contribution in [0.25, 0.3) is 0 Å². The smallest absolute Gasteiger partial charge is 0.0464 e. The van der Waals surface area contributed by atoms with E-state index in [9.17, 15) is 0 Å². The summed E-state index contributed by atoms with van der Waals surface area (Å²) < 4.78 is 0.985.